The molecule has 0 aliphatic carbocycles. The third-order valence-electron chi connectivity index (χ3n) is 4.35. The van der Waals surface area contributed by atoms with Gasteiger partial charge in [-0.1, -0.05) is 29.8 Å². The van der Waals surface area contributed by atoms with Crippen LogP contribution in [0.1, 0.15) is 22.3 Å². The Balaban J connectivity index is 2.06. The van der Waals surface area contributed by atoms with Crippen LogP contribution in [-0.2, 0) is 4.79 Å². The van der Waals surface area contributed by atoms with Gasteiger partial charge in [-0.05, 0) is 50.5 Å². The van der Waals surface area contributed by atoms with E-state index in [4.69, 9.17) is 0 Å². The highest BCUT2D eigenvalue weighted by Gasteiger charge is 2.18. The molecule has 0 fully saturated rings. The zero-order chi connectivity index (χ0) is 21.7. The van der Waals surface area contributed by atoms with E-state index in [1.54, 1.807) is 19.1 Å². The molecular weight excluding hydrogens is 380 g/mol. The number of carbonyl (C=O) groups is 2. The molecular formula is C21H25F2N3O3. The van der Waals surface area contributed by atoms with Crippen molar-refractivity contribution in [3.63, 3.8) is 0 Å². The number of anilines is 2. The van der Waals surface area contributed by atoms with Gasteiger partial charge in [-0.3, -0.25) is 4.79 Å². The number of nitrogens with one attached hydrogen (secondary N) is 2. The van der Waals surface area contributed by atoms with Crippen LogP contribution in [-0.4, -0.2) is 37.0 Å². The standard InChI is InChI=1S/C21H25F2N3O3/c1-12-9-14(3)18(15(4)10-12)24-17(27)11-26(5)21(28)25-19-13(2)7-6-8-16(19)29-20(22)23/h6-10,20H,11H2,1-5H3,(H,24,27)(H,25,28). The molecule has 0 aliphatic rings. The first-order chi connectivity index (χ1) is 13.6. The Labute approximate surface area is 168 Å². The van der Waals surface area contributed by atoms with Gasteiger partial charge in [0.05, 0.1) is 5.69 Å². The Bertz CT molecular complexity index is 893. The van der Waals surface area contributed by atoms with E-state index in [0.717, 1.165) is 21.6 Å². The zero-order valence-corrected chi connectivity index (χ0v) is 17.1. The summed E-state index contributed by atoms with van der Waals surface area (Å²) in [5, 5.41) is 5.35. The number of amides is 3. The van der Waals surface area contributed by atoms with Crippen molar-refractivity contribution in [1.29, 1.82) is 0 Å². The minimum Gasteiger partial charge on any atom is -0.433 e. The summed E-state index contributed by atoms with van der Waals surface area (Å²) in [4.78, 5) is 26.0. The number of ether oxygens (including phenoxy) is 1. The van der Waals surface area contributed by atoms with Gasteiger partial charge in [0.15, 0.2) is 0 Å². The van der Waals surface area contributed by atoms with Crippen molar-refractivity contribution in [2.24, 2.45) is 0 Å². The highest BCUT2D eigenvalue weighted by atomic mass is 19.3. The summed E-state index contributed by atoms with van der Waals surface area (Å²) in [5.74, 6) is -0.511. The number of halogens is 2. The molecule has 0 aliphatic heterocycles. The second kappa shape index (κ2) is 9.36. The number of carbonyl (C=O) groups excluding carboxylic acids is 2. The molecule has 0 spiro atoms. The molecule has 2 aromatic rings. The predicted octanol–water partition coefficient (Wildman–Crippen LogP) is 4.62. The smallest absolute Gasteiger partial charge is 0.387 e. The first-order valence-corrected chi connectivity index (χ1v) is 9.02. The van der Waals surface area contributed by atoms with Crippen molar-refractivity contribution in [2.45, 2.75) is 34.3 Å². The van der Waals surface area contributed by atoms with E-state index in [1.807, 2.05) is 32.9 Å². The minimum absolute atomic E-state index is 0.135. The van der Waals surface area contributed by atoms with Crippen molar-refractivity contribution >= 4 is 23.3 Å². The fourth-order valence-corrected chi connectivity index (χ4v) is 3.04. The summed E-state index contributed by atoms with van der Waals surface area (Å²) >= 11 is 0. The van der Waals surface area contributed by atoms with E-state index in [2.05, 4.69) is 15.4 Å². The number of benzene rings is 2. The van der Waals surface area contributed by atoms with Crippen LogP contribution >= 0.6 is 0 Å². The van der Waals surface area contributed by atoms with E-state index in [9.17, 15) is 18.4 Å². The molecule has 0 saturated heterocycles. The second-order valence-electron chi connectivity index (χ2n) is 6.93. The number of alkyl halides is 2. The molecule has 0 atom stereocenters. The lowest BCUT2D eigenvalue weighted by Gasteiger charge is -2.21. The molecule has 6 nitrogen and oxygen atoms in total. The van der Waals surface area contributed by atoms with Gasteiger partial charge in [-0.2, -0.15) is 8.78 Å². The Hall–Kier alpha value is -3.16. The Morgan fingerprint density at radius 1 is 1.00 bits per heavy atom. The molecule has 0 unspecified atom stereocenters. The van der Waals surface area contributed by atoms with Crippen molar-refractivity contribution in [2.75, 3.05) is 24.2 Å². The fourth-order valence-electron chi connectivity index (χ4n) is 3.04. The van der Waals surface area contributed by atoms with Crippen LogP contribution in [0.15, 0.2) is 30.3 Å². The summed E-state index contributed by atoms with van der Waals surface area (Å²) in [5.41, 5.74) is 4.35. The predicted molar refractivity (Wildman–Crippen MR) is 109 cm³/mol. The topological polar surface area (TPSA) is 70.7 Å². The van der Waals surface area contributed by atoms with Gasteiger partial charge < -0.3 is 20.3 Å². The van der Waals surface area contributed by atoms with Crippen LogP contribution in [0.5, 0.6) is 5.75 Å². The van der Waals surface area contributed by atoms with Gasteiger partial charge in [0.25, 0.3) is 0 Å². The third-order valence-corrected chi connectivity index (χ3v) is 4.35. The number of hydrogen-bond acceptors (Lipinski definition) is 3. The molecule has 0 aromatic heterocycles. The highest BCUT2D eigenvalue weighted by Crippen LogP contribution is 2.29. The van der Waals surface area contributed by atoms with Crippen LogP contribution in [0, 0.1) is 27.7 Å². The first-order valence-electron chi connectivity index (χ1n) is 9.02. The molecule has 0 bridgehead atoms. The second-order valence-corrected chi connectivity index (χ2v) is 6.93. The van der Waals surface area contributed by atoms with Crippen LogP contribution in [0.4, 0.5) is 25.0 Å². The SMILES string of the molecule is Cc1cc(C)c(NC(=O)CN(C)C(=O)Nc2c(C)cccc2OC(F)F)c(C)c1. The Kier molecular flexibility index (Phi) is 7.14. The average molecular weight is 405 g/mol. The van der Waals surface area contributed by atoms with Gasteiger partial charge in [0, 0.05) is 12.7 Å². The van der Waals surface area contributed by atoms with Gasteiger partial charge in [-0.25, -0.2) is 4.79 Å². The number of aryl methyl sites for hydroxylation is 4. The monoisotopic (exact) mass is 405 g/mol. The number of rotatable bonds is 6. The van der Waals surface area contributed by atoms with Crippen LogP contribution in [0.2, 0.25) is 0 Å². The lowest BCUT2D eigenvalue weighted by molar-refractivity contribution is -0.116. The molecule has 2 rings (SSSR count). The molecule has 156 valence electrons. The summed E-state index contributed by atoms with van der Waals surface area (Å²) in [6.07, 6.45) is 0. The van der Waals surface area contributed by atoms with Crippen LogP contribution < -0.4 is 15.4 Å². The molecule has 0 radical (unpaired) electrons. The number of likely N-dealkylation sites (N-methyl/N-ethyl adjacent to an activating group) is 1. The molecule has 0 heterocycles. The van der Waals surface area contributed by atoms with E-state index in [-0.39, 0.29) is 23.9 Å². The van der Waals surface area contributed by atoms with Crippen molar-refractivity contribution in [3.8, 4) is 5.75 Å². The quantitative estimate of drug-likeness (QED) is 0.737. The lowest BCUT2D eigenvalue weighted by Crippen LogP contribution is -2.38. The molecule has 2 aromatic carbocycles. The summed E-state index contributed by atoms with van der Waals surface area (Å²) in [6, 6.07) is 7.84. The summed E-state index contributed by atoms with van der Waals surface area (Å²) in [7, 11) is 1.44. The van der Waals surface area contributed by atoms with E-state index >= 15 is 0 Å². The van der Waals surface area contributed by atoms with Gasteiger partial charge >= 0.3 is 12.6 Å². The van der Waals surface area contributed by atoms with Crippen LogP contribution in [0.25, 0.3) is 0 Å². The molecule has 8 heteroatoms. The van der Waals surface area contributed by atoms with E-state index in [1.165, 1.54) is 13.1 Å². The highest BCUT2D eigenvalue weighted by molar-refractivity contribution is 5.98. The normalized spacial score (nSPS) is 10.6. The molecule has 29 heavy (non-hydrogen) atoms. The first kappa shape index (κ1) is 22.1. The summed E-state index contributed by atoms with van der Waals surface area (Å²) < 4.78 is 29.7. The molecule has 2 N–H and O–H groups in total. The van der Waals surface area contributed by atoms with Gasteiger partial charge in [-0.15, -0.1) is 0 Å². The van der Waals surface area contributed by atoms with Crippen molar-refractivity contribution in [3.05, 3.63) is 52.6 Å². The van der Waals surface area contributed by atoms with Crippen molar-refractivity contribution in [1.82, 2.24) is 4.90 Å². The third kappa shape index (κ3) is 5.91. The average Bonchev–Trinajstić information content (AvgIpc) is 2.60. The lowest BCUT2D eigenvalue weighted by atomic mass is 10.1. The minimum atomic E-state index is -3.02. The number of urea groups is 1. The van der Waals surface area contributed by atoms with E-state index in [0.29, 0.717) is 11.3 Å². The van der Waals surface area contributed by atoms with Crippen LogP contribution in [0.3, 0.4) is 0 Å². The maximum atomic E-state index is 12.6. The maximum Gasteiger partial charge on any atom is 0.387 e. The number of hydrogen-bond donors (Lipinski definition) is 2. The fraction of sp³-hybridized carbons (Fsp3) is 0.333. The zero-order valence-electron chi connectivity index (χ0n) is 17.1. The van der Waals surface area contributed by atoms with Crippen molar-refractivity contribution < 1.29 is 23.1 Å². The molecule has 3 amide bonds. The van der Waals surface area contributed by atoms with Gasteiger partial charge in [0.2, 0.25) is 5.91 Å². The summed E-state index contributed by atoms with van der Waals surface area (Å²) in [6.45, 7) is 4.20. The molecule has 0 saturated carbocycles. The van der Waals surface area contributed by atoms with Gasteiger partial charge in [0.1, 0.15) is 12.3 Å². The number of nitrogens with zero attached hydrogens (tertiary/aromatic N) is 1. The number of para-hydroxylation sites is 1. The van der Waals surface area contributed by atoms with E-state index < -0.39 is 12.6 Å². The maximum absolute atomic E-state index is 12.6. The Morgan fingerprint density at radius 2 is 1.62 bits per heavy atom. The Morgan fingerprint density at radius 3 is 2.21 bits per heavy atom. The largest absolute Gasteiger partial charge is 0.433 e.